The Morgan fingerprint density at radius 2 is 2.08 bits per heavy atom. The molecule has 9 heteroatoms. The Balaban J connectivity index is 1.69. The van der Waals surface area contributed by atoms with E-state index in [1.54, 1.807) is 19.9 Å². The zero-order valence-electron chi connectivity index (χ0n) is 14.6. The maximum Gasteiger partial charge on any atom is 0.255 e. The van der Waals surface area contributed by atoms with Gasteiger partial charge in [-0.15, -0.1) is 0 Å². The van der Waals surface area contributed by atoms with E-state index in [9.17, 15) is 13.2 Å². The quantitative estimate of drug-likeness (QED) is 0.876. The molecule has 0 atom stereocenters. The molecular formula is C16H22N4O4S. The van der Waals surface area contributed by atoms with Crippen LogP contribution in [0.3, 0.4) is 0 Å². The van der Waals surface area contributed by atoms with Crippen molar-refractivity contribution in [3.8, 4) is 0 Å². The summed E-state index contributed by atoms with van der Waals surface area (Å²) in [4.78, 5) is 12.2. The van der Waals surface area contributed by atoms with Gasteiger partial charge in [0.15, 0.2) is 0 Å². The van der Waals surface area contributed by atoms with Crippen molar-refractivity contribution < 1.29 is 17.6 Å². The van der Waals surface area contributed by atoms with E-state index in [0.717, 1.165) is 5.69 Å². The molecule has 136 valence electrons. The molecule has 0 bridgehead atoms. The molecule has 0 radical (unpaired) electrons. The van der Waals surface area contributed by atoms with Gasteiger partial charge < -0.3 is 9.73 Å². The highest BCUT2D eigenvalue weighted by molar-refractivity contribution is 7.88. The summed E-state index contributed by atoms with van der Waals surface area (Å²) >= 11 is 0. The minimum atomic E-state index is -3.23. The molecule has 0 aromatic carbocycles. The van der Waals surface area contributed by atoms with E-state index in [0.29, 0.717) is 48.8 Å². The van der Waals surface area contributed by atoms with Gasteiger partial charge in [-0.2, -0.15) is 9.40 Å². The number of carbonyl (C=O) groups is 1. The van der Waals surface area contributed by atoms with Gasteiger partial charge in [0.1, 0.15) is 11.5 Å². The van der Waals surface area contributed by atoms with Crippen LogP contribution in [0.15, 0.2) is 16.5 Å². The average molecular weight is 366 g/mol. The Kier molecular flexibility index (Phi) is 4.70. The zero-order chi connectivity index (χ0) is 18.2. The first-order valence-corrected chi connectivity index (χ1v) is 9.95. The molecule has 8 nitrogen and oxygen atoms in total. The van der Waals surface area contributed by atoms with Crippen LogP contribution in [0.4, 0.5) is 0 Å². The van der Waals surface area contributed by atoms with Crippen LogP contribution in [0.25, 0.3) is 0 Å². The summed E-state index contributed by atoms with van der Waals surface area (Å²) in [7, 11) is -3.23. The summed E-state index contributed by atoms with van der Waals surface area (Å²) < 4.78 is 32.2. The Bertz CT molecular complexity index is 897. The summed E-state index contributed by atoms with van der Waals surface area (Å²) in [5.74, 6) is 1.06. The number of hydrogen-bond donors (Lipinski definition) is 1. The van der Waals surface area contributed by atoms with Gasteiger partial charge in [0.25, 0.3) is 5.91 Å². The fraction of sp³-hybridized carbons (Fsp3) is 0.500. The SMILES string of the molecule is Cc1cc(C(=O)NCc2cc3n(n2)CCCN(S(C)(=O)=O)C3)c(C)o1. The number of furan rings is 1. The summed E-state index contributed by atoms with van der Waals surface area (Å²) in [5.41, 5.74) is 2.06. The van der Waals surface area contributed by atoms with Crippen molar-refractivity contribution in [3.63, 3.8) is 0 Å². The highest BCUT2D eigenvalue weighted by Gasteiger charge is 2.23. The second-order valence-corrected chi connectivity index (χ2v) is 8.29. The summed E-state index contributed by atoms with van der Waals surface area (Å²) in [5, 5.41) is 7.31. The number of aromatic nitrogens is 2. The van der Waals surface area contributed by atoms with Crippen molar-refractivity contribution in [3.05, 3.63) is 40.6 Å². The molecule has 25 heavy (non-hydrogen) atoms. The van der Waals surface area contributed by atoms with E-state index < -0.39 is 10.0 Å². The Labute approximate surface area is 146 Å². The van der Waals surface area contributed by atoms with Gasteiger partial charge in [-0.05, 0) is 32.4 Å². The van der Waals surface area contributed by atoms with Crippen molar-refractivity contribution >= 4 is 15.9 Å². The smallest absolute Gasteiger partial charge is 0.255 e. The summed E-state index contributed by atoms with van der Waals surface area (Å²) in [6.07, 6.45) is 1.93. The predicted octanol–water partition coefficient (Wildman–Crippen LogP) is 1.19. The highest BCUT2D eigenvalue weighted by Crippen LogP contribution is 2.17. The molecule has 0 aliphatic carbocycles. The van der Waals surface area contributed by atoms with Crippen LogP contribution in [0.5, 0.6) is 0 Å². The summed E-state index contributed by atoms with van der Waals surface area (Å²) in [6.45, 7) is 5.29. The van der Waals surface area contributed by atoms with E-state index >= 15 is 0 Å². The molecule has 1 aliphatic heterocycles. The van der Waals surface area contributed by atoms with Gasteiger partial charge in [0.2, 0.25) is 10.0 Å². The van der Waals surface area contributed by atoms with Crippen LogP contribution < -0.4 is 5.32 Å². The number of rotatable bonds is 4. The van der Waals surface area contributed by atoms with Crippen molar-refractivity contribution in [1.82, 2.24) is 19.4 Å². The Hall–Kier alpha value is -2.13. The lowest BCUT2D eigenvalue weighted by molar-refractivity contribution is 0.0949. The monoisotopic (exact) mass is 366 g/mol. The van der Waals surface area contributed by atoms with Crippen LogP contribution >= 0.6 is 0 Å². The average Bonchev–Trinajstić information content (AvgIpc) is 2.99. The van der Waals surface area contributed by atoms with Crippen LogP contribution in [0.1, 0.15) is 39.7 Å². The van der Waals surface area contributed by atoms with Crippen molar-refractivity contribution in [2.75, 3.05) is 12.8 Å². The Morgan fingerprint density at radius 1 is 1.32 bits per heavy atom. The molecule has 3 heterocycles. The largest absolute Gasteiger partial charge is 0.466 e. The van der Waals surface area contributed by atoms with Crippen molar-refractivity contribution in [1.29, 1.82) is 0 Å². The van der Waals surface area contributed by atoms with Crippen molar-refractivity contribution in [2.24, 2.45) is 0 Å². The lowest BCUT2D eigenvalue weighted by Crippen LogP contribution is -2.29. The number of nitrogens with one attached hydrogen (secondary N) is 1. The number of amides is 1. The van der Waals surface area contributed by atoms with Gasteiger partial charge >= 0.3 is 0 Å². The molecule has 2 aromatic heterocycles. The van der Waals surface area contributed by atoms with Gasteiger partial charge in [-0.1, -0.05) is 0 Å². The first-order chi connectivity index (χ1) is 11.7. The number of nitrogens with zero attached hydrogens (tertiary/aromatic N) is 3. The number of aryl methyl sites for hydroxylation is 3. The lowest BCUT2D eigenvalue weighted by Gasteiger charge is -2.16. The molecule has 3 rings (SSSR count). The van der Waals surface area contributed by atoms with Crippen LogP contribution in [-0.4, -0.2) is 41.2 Å². The molecule has 1 aliphatic rings. The maximum atomic E-state index is 12.2. The molecule has 0 fully saturated rings. The summed E-state index contributed by atoms with van der Waals surface area (Å²) in [6, 6.07) is 3.55. The molecule has 2 aromatic rings. The zero-order valence-corrected chi connectivity index (χ0v) is 15.4. The maximum absolute atomic E-state index is 12.2. The molecule has 1 N–H and O–H groups in total. The van der Waals surface area contributed by atoms with Gasteiger partial charge in [-0.25, -0.2) is 8.42 Å². The highest BCUT2D eigenvalue weighted by atomic mass is 32.2. The number of carbonyl (C=O) groups excluding carboxylic acids is 1. The first-order valence-electron chi connectivity index (χ1n) is 8.10. The van der Waals surface area contributed by atoms with Crippen LogP contribution in [-0.2, 0) is 29.7 Å². The third-order valence-electron chi connectivity index (χ3n) is 4.21. The molecular weight excluding hydrogens is 344 g/mol. The number of hydrogen-bond acceptors (Lipinski definition) is 5. The van der Waals surface area contributed by atoms with E-state index in [-0.39, 0.29) is 12.5 Å². The minimum Gasteiger partial charge on any atom is -0.466 e. The van der Waals surface area contributed by atoms with Crippen LogP contribution in [0.2, 0.25) is 0 Å². The van der Waals surface area contributed by atoms with E-state index in [2.05, 4.69) is 10.4 Å². The molecule has 0 unspecified atom stereocenters. The first kappa shape index (κ1) is 17.7. The fourth-order valence-electron chi connectivity index (χ4n) is 2.98. The van der Waals surface area contributed by atoms with E-state index in [4.69, 9.17) is 4.42 Å². The van der Waals surface area contributed by atoms with E-state index in [1.807, 2.05) is 10.7 Å². The number of fused-ring (bicyclic) bond motifs is 1. The third-order valence-corrected chi connectivity index (χ3v) is 5.46. The molecule has 0 spiro atoms. The van der Waals surface area contributed by atoms with Crippen LogP contribution in [0, 0.1) is 13.8 Å². The fourth-order valence-corrected chi connectivity index (χ4v) is 3.81. The lowest BCUT2D eigenvalue weighted by atomic mass is 10.2. The Morgan fingerprint density at radius 3 is 2.72 bits per heavy atom. The minimum absolute atomic E-state index is 0.213. The topological polar surface area (TPSA) is 97.4 Å². The second-order valence-electron chi connectivity index (χ2n) is 6.31. The predicted molar refractivity (Wildman–Crippen MR) is 91.5 cm³/mol. The van der Waals surface area contributed by atoms with Gasteiger partial charge in [0, 0.05) is 13.1 Å². The molecule has 0 saturated heterocycles. The van der Waals surface area contributed by atoms with Crippen molar-refractivity contribution in [2.45, 2.75) is 39.9 Å². The van der Waals surface area contributed by atoms with E-state index in [1.165, 1.54) is 10.6 Å². The molecule has 0 saturated carbocycles. The molecule has 1 amide bonds. The van der Waals surface area contributed by atoms with Gasteiger partial charge in [0.05, 0.1) is 36.3 Å². The number of sulfonamides is 1. The standard InChI is InChI=1S/C16H22N4O4S/c1-11-7-15(12(2)24-11)16(21)17-9-13-8-14-10-19(25(3,22)23)5-4-6-20(14)18-13/h7-8H,4-6,9-10H2,1-3H3,(H,17,21). The normalized spacial score (nSPS) is 15.6. The second kappa shape index (κ2) is 6.64. The van der Waals surface area contributed by atoms with Gasteiger partial charge in [-0.3, -0.25) is 9.48 Å². The third kappa shape index (κ3) is 3.93.